The Hall–Kier alpha value is -4.57. The molecule has 2 fully saturated rings. The number of methoxy groups -OCH3 is 1. The number of ether oxygens (including phenoxy) is 3. The maximum Gasteiger partial charge on any atom is 0.326 e. The van der Waals surface area contributed by atoms with E-state index >= 15 is 0 Å². The van der Waals surface area contributed by atoms with E-state index in [0.29, 0.717) is 36.0 Å². The molecule has 0 atom stereocenters. The first-order chi connectivity index (χ1) is 24.9. The molecule has 0 aromatic heterocycles. The molecule has 2 aliphatic rings. The fourth-order valence-electron chi connectivity index (χ4n) is 6.89. The van der Waals surface area contributed by atoms with Crippen LogP contribution in [0.1, 0.15) is 41.6 Å². The summed E-state index contributed by atoms with van der Waals surface area (Å²) in [5.74, 6) is 1.59. The minimum Gasteiger partial charge on any atom is -0.497 e. The maximum absolute atomic E-state index is 14.1. The van der Waals surface area contributed by atoms with E-state index in [1.54, 1.807) is 13.2 Å². The van der Waals surface area contributed by atoms with Crippen molar-refractivity contribution < 1.29 is 23.8 Å². The summed E-state index contributed by atoms with van der Waals surface area (Å²) in [4.78, 5) is 34.1. The van der Waals surface area contributed by atoms with Gasteiger partial charge in [-0.25, -0.2) is 4.79 Å². The lowest BCUT2D eigenvalue weighted by Gasteiger charge is -2.38. The molecule has 0 bridgehead atoms. The molecule has 268 valence electrons. The average molecular weight is 711 g/mol. The highest BCUT2D eigenvalue weighted by molar-refractivity contribution is 6.30. The number of benzene rings is 4. The van der Waals surface area contributed by atoms with Crippen molar-refractivity contribution in [1.29, 1.82) is 0 Å². The van der Waals surface area contributed by atoms with Gasteiger partial charge in [-0.15, -0.1) is 0 Å². The number of halogens is 1. The standard InChI is InChI=1S/C41H47ClN4O5/c1-49-38-14-6-9-33(27-38)40(47)45(30-32-8-5-10-34(42)26-32)36-18-16-31(17-19-36)29-46(41(48)43-35-11-3-2-4-12-35)37-13-7-15-39(28-37)51-25-22-44-20-23-50-24-21-44/h2-15,26-28,31,36H,16-25,29-30H2,1H3,(H,43,48). The van der Waals surface area contributed by atoms with Gasteiger partial charge in [0.1, 0.15) is 18.1 Å². The quantitative estimate of drug-likeness (QED) is 0.151. The fourth-order valence-corrected chi connectivity index (χ4v) is 7.11. The number of carbonyl (C=O) groups excluding carboxylic acids is 2. The van der Waals surface area contributed by atoms with Crippen LogP contribution < -0.4 is 19.7 Å². The van der Waals surface area contributed by atoms with Crippen molar-refractivity contribution in [3.05, 3.63) is 119 Å². The first-order valence-electron chi connectivity index (χ1n) is 17.8. The molecule has 1 aliphatic heterocycles. The predicted octanol–water partition coefficient (Wildman–Crippen LogP) is 8.00. The van der Waals surface area contributed by atoms with Crippen LogP contribution in [0.2, 0.25) is 5.02 Å². The highest BCUT2D eigenvalue weighted by Gasteiger charge is 2.32. The zero-order chi connectivity index (χ0) is 35.4. The molecule has 4 aromatic carbocycles. The Morgan fingerprint density at radius 3 is 2.37 bits per heavy atom. The Morgan fingerprint density at radius 2 is 1.61 bits per heavy atom. The summed E-state index contributed by atoms with van der Waals surface area (Å²) in [7, 11) is 1.61. The summed E-state index contributed by atoms with van der Waals surface area (Å²) >= 11 is 6.34. The summed E-state index contributed by atoms with van der Waals surface area (Å²) in [5, 5.41) is 3.73. The van der Waals surface area contributed by atoms with Gasteiger partial charge in [-0.2, -0.15) is 0 Å². The van der Waals surface area contributed by atoms with Crippen LogP contribution in [0.15, 0.2) is 103 Å². The SMILES string of the molecule is COc1cccc(C(=O)N(Cc2cccc(Cl)c2)C2CCC(CN(C(=O)Nc3ccccc3)c3cccc(OCCN4CCOCC4)c3)CC2)c1. The normalized spacial score (nSPS) is 17.7. The second-order valence-corrected chi connectivity index (χ2v) is 13.6. The molecule has 0 radical (unpaired) electrons. The van der Waals surface area contributed by atoms with Gasteiger partial charge < -0.3 is 24.4 Å². The molecule has 4 aromatic rings. The van der Waals surface area contributed by atoms with Crippen LogP contribution in [-0.2, 0) is 11.3 Å². The Labute approximate surface area is 306 Å². The van der Waals surface area contributed by atoms with Crippen molar-refractivity contribution in [2.45, 2.75) is 38.3 Å². The number of urea groups is 1. The molecule has 10 heteroatoms. The van der Waals surface area contributed by atoms with Gasteiger partial charge in [0.05, 0.1) is 20.3 Å². The van der Waals surface area contributed by atoms with E-state index in [2.05, 4.69) is 10.2 Å². The molecule has 6 rings (SSSR count). The first-order valence-corrected chi connectivity index (χ1v) is 18.2. The fraction of sp³-hybridized carbons (Fsp3) is 0.366. The van der Waals surface area contributed by atoms with E-state index in [9.17, 15) is 9.59 Å². The Balaban J connectivity index is 1.16. The second kappa shape index (κ2) is 18.1. The van der Waals surface area contributed by atoms with Crippen molar-refractivity contribution in [2.24, 2.45) is 5.92 Å². The van der Waals surface area contributed by atoms with Gasteiger partial charge in [-0.05, 0) is 91.8 Å². The van der Waals surface area contributed by atoms with Crippen LogP contribution in [0, 0.1) is 5.92 Å². The van der Waals surface area contributed by atoms with Crippen LogP contribution in [0.5, 0.6) is 11.5 Å². The molecule has 1 heterocycles. The maximum atomic E-state index is 14.1. The van der Waals surface area contributed by atoms with E-state index in [1.165, 1.54) is 0 Å². The molecular weight excluding hydrogens is 664 g/mol. The van der Waals surface area contributed by atoms with Gasteiger partial charge in [0.25, 0.3) is 5.91 Å². The van der Waals surface area contributed by atoms with E-state index in [1.807, 2.05) is 107 Å². The van der Waals surface area contributed by atoms with Crippen LogP contribution in [0.25, 0.3) is 0 Å². The minimum atomic E-state index is -0.190. The Kier molecular flexibility index (Phi) is 12.8. The number of hydrogen-bond acceptors (Lipinski definition) is 6. The topological polar surface area (TPSA) is 83.6 Å². The third-order valence-corrected chi connectivity index (χ3v) is 9.93. The smallest absolute Gasteiger partial charge is 0.326 e. The van der Waals surface area contributed by atoms with Crippen LogP contribution >= 0.6 is 11.6 Å². The van der Waals surface area contributed by atoms with E-state index in [4.69, 9.17) is 25.8 Å². The van der Waals surface area contributed by atoms with Crippen LogP contribution in [0.4, 0.5) is 16.2 Å². The number of nitrogens with one attached hydrogen (secondary N) is 1. The zero-order valence-corrected chi connectivity index (χ0v) is 30.0. The molecular formula is C41H47ClN4O5. The molecule has 1 saturated heterocycles. The molecule has 3 amide bonds. The lowest BCUT2D eigenvalue weighted by Crippen LogP contribution is -2.44. The van der Waals surface area contributed by atoms with Gasteiger partial charge in [0, 0.05) is 66.8 Å². The van der Waals surface area contributed by atoms with Crippen LogP contribution in [0.3, 0.4) is 0 Å². The molecule has 0 unspecified atom stereocenters. The molecule has 0 spiro atoms. The molecule has 1 N–H and O–H groups in total. The lowest BCUT2D eigenvalue weighted by atomic mass is 9.84. The minimum absolute atomic E-state index is 0.0355. The number of morpholine rings is 1. The first kappa shape index (κ1) is 36.2. The zero-order valence-electron chi connectivity index (χ0n) is 29.2. The predicted molar refractivity (Wildman–Crippen MR) is 202 cm³/mol. The van der Waals surface area contributed by atoms with Crippen molar-refractivity contribution in [3.63, 3.8) is 0 Å². The monoisotopic (exact) mass is 710 g/mol. The summed E-state index contributed by atoms with van der Waals surface area (Å²) in [6.45, 7) is 5.70. The Bertz CT molecular complexity index is 1730. The summed E-state index contributed by atoms with van der Waals surface area (Å²) in [5.41, 5.74) is 3.10. The highest BCUT2D eigenvalue weighted by atomic mass is 35.5. The average Bonchev–Trinajstić information content (AvgIpc) is 3.17. The molecule has 9 nitrogen and oxygen atoms in total. The van der Waals surface area contributed by atoms with Gasteiger partial charge >= 0.3 is 6.03 Å². The lowest BCUT2D eigenvalue weighted by molar-refractivity contribution is 0.0322. The number of rotatable bonds is 13. The summed E-state index contributed by atoms with van der Waals surface area (Å²) in [6.07, 6.45) is 3.37. The number of anilines is 2. The summed E-state index contributed by atoms with van der Waals surface area (Å²) in [6, 6.07) is 32.2. The van der Waals surface area contributed by atoms with Crippen LogP contribution in [-0.4, -0.2) is 80.9 Å². The summed E-state index contributed by atoms with van der Waals surface area (Å²) < 4.78 is 17.0. The van der Waals surface area contributed by atoms with E-state index < -0.39 is 0 Å². The Morgan fingerprint density at radius 1 is 0.863 bits per heavy atom. The largest absolute Gasteiger partial charge is 0.497 e. The van der Waals surface area contributed by atoms with Crippen molar-refractivity contribution in [1.82, 2.24) is 9.80 Å². The number of amides is 3. The number of nitrogens with zero attached hydrogens (tertiary/aromatic N) is 3. The van der Waals surface area contributed by atoms with Crippen molar-refractivity contribution in [3.8, 4) is 11.5 Å². The third-order valence-electron chi connectivity index (χ3n) is 9.70. The number of para-hydroxylation sites is 1. The molecule has 51 heavy (non-hydrogen) atoms. The van der Waals surface area contributed by atoms with Gasteiger partial charge in [-0.1, -0.05) is 54.1 Å². The van der Waals surface area contributed by atoms with Gasteiger partial charge in [-0.3, -0.25) is 14.6 Å². The van der Waals surface area contributed by atoms with Crippen molar-refractivity contribution in [2.75, 3.05) is 63.3 Å². The third kappa shape index (κ3) is 10.3. The molecule has 1 saturated carbocycles. The highest BCUT2D eigenvalue weighted by Crippen LogP contribution is 2.33. The molecule has 1 aliphatic carbocycles. The van der Waals surface area contributed by atoms with Crippen molar-refractivity contribution >= 4 is 34.9 Å². The second-order valence-electron chi connectivity index (χ2n) is 13.2. The van der Waals surface area contributed by atoms with Gasteiger partial charge in [0.15, 0.2) is 0 Å². The number of hydrogen-bond donors (Lipinski definition) is 1. The van der Waals surface area contributed by atoms with E-state index in [0.717, 1.165) is 81.2 Å². The van der Waals surface area contributed by atoms with Gasteiger partial charge in [0.2, 0.25) is 0 Å². The van der Waals surface area contributed by atoms with E-state index in [-0.39, 0.29) is 23.9 Å². The number of carbonyl (C=O) groups is 2.